The van der Waals surface area contributed by atoms with Crippen LogP contribution in [0.15, 0.2) is 12.2 Å². The number of rotatable bonds is 0. The van der Waals surface area contributed by atoms with Crippen molar-refractivity contribution in [3.63, 3.8) is 0 Å². The Morgan fingerprint density at radius 1 is 1.25 bits per heavy atom. The van der Waals surface area contributed by atoms with Gasteiger partial charge in [-0.15, -0.1) is 0 Å². The molecule has 0 saturated heterocycles. The Labute approximate surface area is 74.9 Å². The molecule has 4 atom stereocenters. The van der Waals surface area contributed by atoms with Crippen LogP contribution in [0.3, 0.4) is 0 Å². The largest absolute Gasteiger partial charge is 0.407 e. The van der Waals surface area contributed by atoms with Crippen molar-refractivity contribution in [2.45, 2.75) is 33.5 Å². The minimum atomic E-state index is -0.478. The molecule has 2 N–H and O–H groups in total. The van der Waals surface area contributed by atoms with Gasteiger partial charge in [0, 0.05) is 12.2 Å². The standard InChI is InChI=1S/C9H15O2.CH4/c1-5-4-8(10)6(2)7(3)9(5)11;/h4,6-11H,1H2,2-3H3;1H4/q-1;. The van der Waals surface area contributed by atoms with Crippen molar-refractivity contribution in [1.29, 1.82) is 0 Å². The Balaban J connectivity index is 0.00000121. The van der Waals surface area contributed by atoms with Gasteiger partial charge < -0.3 is 10.2 Å². The molecule has 72 valence electrons. The average molecular weight is 171 g/mol. The third kappa shape index (κ3) is 1.82. The van der Waals surface area contributed by atoms with Crippen LogP contribution in [-0.4, -0.2) is 22.4 Å². The second-order valence-corrected chi connectivity index (χ2v) is 3.40. The Kier molecular flexibility index (Phi) is 3.81. The zero-order valence-electron chi connectivity index (χ0n) is 6.99. The summed E-state index contributed by atoms with van der Waals surface area (Å²) in [6.45, 7) is 7.52. The predicted molar refractivity (Wildman–Crippen MR) is 50.5 cm³/mol. The molecule has 1 rings (SSSR count). The van der Waals surface area contributed by atoms with E-state index < -0.39 is 12.2 Å². The van der Waals surface area contributed by atoms with Crippen LogP contribution in [0.25, 0.3) is 0 Å². The molecule has 0 bridgehead atoms. The van der Waals surface area contributed by atoms with Crippen LogP contribution in [0.1, 0.15) is 21.3 Å². The highest BCUT2D eigenvalue weighted by molar-refractivity contribution is 5.22. The van der Waals surface area contributed by atoms with Crippen molar-refractivity contribution in [2.75, 3.05) is 0 Å². The Bertz CT molecular complexity index is 165. The van der Waals surface area contributed by atoms with Gasteiger partial charge in [-0.25, -0.2) is 6.58 Å². The van der Waals surface area contributed by atoms with E-state index in [-0.39, 0.29) is 19.3 Å². The van der Waals surface area contributed by atoms with E-state index in [0.29, 0.717) is 5.57 Å². The summed E-state index contributed by atoms with van der Waals surface area (Å²) >= 11 is 0. The molecule has 0 heterocycles. The fourth-order valence-electron chi connectivity index (χ4n) is 1.41. The average Bonchev–Trinajstić information content (AvgIpc) is 1.97. The highest BCUT2D eigenvalue weighted by Crippen LogP contribution is 2.31. The zero-order chi connectivity index (χ0) is 8.59. The molecule has 0 radical (unpaired) electrons. The van der Waals surface area contributed by atoms with Gasteiger partial charge in [0.15, 0.2) is 0 Å². The molecule has 1 saturated carbocycles. The molecule has 12 heavy (non-hydrogen) atoms. The Morgan fingerprint density at radius 2 is 1.75 bits per heavy atom. The summed E-state index contributed by atoms with van der Waals surface area (Å²) in [6, 6.07) is 0. The maximum atomic E-state index is 9.49. The van der Waals surface area contributed by atoms with Gasteiger partial charge in [0.25, 0.3) is 0 Å². The molecule has 2 heteroatoms. The SMILES string of the molecule is C.C=C1[CH-]C(O)C(C)C(C)C1O. The van der Waals surface area contributed by atoms with Crippen LogP contribution in [0, 0.1) is 18.3 Å². The molecule has 2 nitrogen and oxygen atoms in total. The normalized spacial score (nSPS) is 41.5. The van der Waals surface area contributed by atoms with Crippen LogP contribution >= 0.6 is 0 Å². The van der Waals surface area contributed by atoms with Crippen LogP contribution < -0.4 is 0 Å². The minimum Gasteiger partial charge on any atom is -0.407 e. The lowest BCUT2D eigenvalue weighted by Gasteiger charge is -2.41. The van der Waals surface area contributed by atoms with Gasteiger partial charge in [-0.2, -0.15) is 12.0 Å². The highest BCUT2D eigenvalue weighted by atomic mass is 16.3. The van der Waals surface area contributed by atoms with Crippen molar-refractivity contribution >= 4 is 0 Å². The third-order valence-corrected chi connectivity index (χ3v) is 2.63. The molecule has 4 unspecified atom stereocenters. The van der Waals surface area contributed by atoms with Crippen LogP contribution in [0.4, 0.5) is 0 Å². The molecule has 0 amide bonds. The van der Waals surface area contributed by atoms with E-state index in [0.717, 1.165) is 0 Å². The van der Waals surface area contributed by atoms with Gasteiger partial charge in [0.2, 0.25) is 0 Å². The van der Waals surface area contributed by atoms with Gasteiger partial charge >= 0.3 is 0 Å². The van der Waals surface area contributed by atoms with E-state index in [2.05, 4.69) is 6.58 Å². The van der Waals surface area contributed by atoms with E-state index >= 15 is 0 Å². The van der Waals surface area contributed by atoms with Crippen molar-refractivity contribution in [3.05, 3.63) is 18.6 Å². The van der Waals surface area contributed by atoms with Gasteiger partial charge in [-0.05, 0) is 11.8 Å². The lowest BCUT2D eigenvalue weighted by Crippen LogP contribution is -2.39. The number of hydrogen-bond acceptors (Lipinski definition) is 2. The smallest absolute Gasteiger partial charge is 0.0492 e. The molecular weight excluding hydrogens is 152 g/mol. The third-order valence-electron chi connectivity index (χ3n) is 2.63. The number of hydrogen-bond donors (Lipinski definition) is 2. The summed E-state index contributed by atoms with van der Waals surface area (Å²) in [6.07, 6.45) is 0.712. The van der Waals surface area contributed by atoms with E-state index in [9.17, 15) is 10.2 Å². The summed E-state index contributed by atoms with van der Waals surface area (Å²) < 4.78 is 0. The van der Waals surface area contributed by atoms with Gasteiger partial charge in [-0.3, -0.25) is 0 Å². The molecule has 0 aromatic rings. The molecule has 1 aliphatic carbocycles. The molecule has 1 fully saturated rings. The summed E-state index contributed by atoms with van der Waals surface area (Å²) in [5, 5.41) is 18.9. The van der Waals surface area contributed by atoms with Gasteiger partial charge in [-0.1, -0.05) is 21.3 Å². The summed E-state index contributed by atoms with van der Waals surface area (Å²) in [5.41, 5.74) is 0.642. The van der Waals surface area contributed by atoms with Gasteiger partial charge in [0.05, 0.1) is 0 Å². The molecular formula is C10H19O2-. The Morgan fingerprint density at radius 3 is 2.25 bits per heavy atom. The van der Waals surface area contributed by atoms with E-state index in [1.54, 1.807) is 6.42 Å². The van der Waals surface area contributed by atoms with E-state index in [1.807, 2.05) is 13.8 Å². The lowest BCUT2D eigenvalue weighted by molar-refractivity contribution is 0.0310. The first-order valence-corrected chi connectivity index (χ1v) is 3.94. The first-order valence-electron chi connectivity index (χ1n) is 3.94. The lowest BCUT2D eigenvalue weighted by atomic mass is 9.75. The second-order valence-electron chi connectivity index (χ2n) is 3.40. The molecule has 0 spiro atoms. The molecule has 0 aliphatic heterocycles. The first kappa shape index (κ1) is 11.5. The van der Waals surface area contributed by atoms with Crippen molar-refractivity contribution < 1.29 is 10.2 Å². The van der Waals surface area contributed by atoms with Crippen LogP contribution in [-0.2, 0) is 0 Å². The predicted octanol–water partition coefficient (Wildman–Crippen LogP) is 1.39. The van der Waals surface area contributed by atoms with Crippen LogP contribution in [0.5, 0.6) is 0 Å². The number of aliphatic hydroxyl groups is 2. The zero-order valence-corrected chi connectivity index (χ0v) is 6.99. The van der Waals surface area contributed by atoms with Crippen molar-refractivity contribution in [3.8, 4) is 0 Å². The van der Waals surface area contributed by atoms with Gasteiger partial charge in [0.1, 0.15) is 0 Å². The second kappa shape index (κ2) is 3.97. The van der Waals surface area contributed by atoms with E-state index in [4.69, 9.17) is 0 Å². The molecule has 0 aromatic carbocycles. The van der Waals surface area contributed by atoms with Crippen molar-refractivity contribution in [1.82, 2.24) is 0 Å². The quantitative estimate of drug-likeness (QED) is 0.541. The maximum absolute atomic E-state index is 9.49. The fourth-order valence-corrected chi connectivity index (χ4v) is 1.41. The fraction of sp³-hybridized carbons (Fsp3) is 0.700. The number of aliphatic hydroxyl groups excluding tert-OH is 2. The minimum absolute atomic E-state index is 0. The van der Waals surface area contributed by atoms with Crippen LogP contribution in [0.2, 0.25) is 0 Å². The summed E-state index contributed by atoms with van der Waals surface area (Å²) in [4.78, 5) is 0. The molecule has 1 aliphatic rings. The monoisotopic (exact) mass is 171 g/mol. The van der Waals surface area contributed by atoms with E-state index in [1.165, 1.54) is 0 Å². The topological polar surface area (TPSA) is 40.5 Å². The first-order chi connectivity index (χ1) is 5.04. The molecule has 0 aromatic heterocycles. The highest BCUT2D eigenvalue weighted by Gasteiger charge is 2.29. The summed E-state index contributed by atoms with van der Waals surface area (Å²) in [5.74, 6) is 0.220. The Hall–Kier alpha value is -0.470. The summed E-state index contributed by atoms with van der Waals surface area (Å²) in [7, 11) is 0. The van der Waals surface area contributed by atoms with Crippen molar-refractivity contribution in [2.24, 2.45) is 11.8 Å². The maximum Gasteiger partial charge on any atom is 0.0492 e.